The molecule has 164 valence electrons. The van der Waals surface area contributed by atoms with Crippen LogP contribution >= 0.6 is 0 Å². The standard InChI is InChI=1S/C23H27N3O5/c1-14(2)26-13-16(10-21(26)27)23(29)25-18-12-19(30-3)17(11-20(18)31-4)24-22(28)15-8-6-5-7-9-15/h5-9,11-12,14,16H,10,13H2,1-4H3,(H,24,28)(H,25,29)/t16-/m0/s1. The third-order valence-electron chi connectivity index (χ3n) is 5.22. The lowest BCUT2D eigenvalue weighted by molar-refractivity contribution is -0.129. The minimum Gasteiger partial charge on any atom is -0.494 e. The Morgan fingerprint density at radius 1 is 1.00 bits per heavy atom. The molecule has 31 heavy (non-hydrogen) atoms. The van der Waals surface area contributed by atoms with E-state index in [-0.39, 0.29) is 30.2 Å². The number of carbonyl (C=O) groups is 3. The molecule has 0 bridgehead atoms. The molecule has 1 saturated heterocycles. The molecule has 1 aliphatic heterocycles. The number of nitrogens with zero attached hydrogens (tertiary/aromatic N) is 1. The van der Waals surface area contributed by atoms with Gasteiger partial charge in [-0.2, -0.15) is 0 Å². The first kappa shape index (κ1) is 22.1. The van der Waals surface area contributed by atoms with Gasteiger partial charge in [0.1, 0.15) is 11.5 Å². The Morgan fingerprint density at radius 3 is 2.10 bits per heavy atom. The van der Waals surface area contributed by atoms with Crippen molar-refractivity contribution < 1.29 is 23.9 Å². The van der Waals surface area contributed by atoms with Gasteiger partial charge in [0.25, 0.3) is 5.91 Å². The Bertz CT molecular complexity index is 975. The van der Waals surface area contributed by atoms with Crippen LogP contribution < -0.4 is 20.1 Å². The first-order valence-corrected chi connectivity index (χ1v) is 10.1. The average Bonchev–Trinajstić information content (AvgIpc) is 3.17. The smallest absolute Gasteiger partial charge is 0.255 e. The van der Waals surface area contributed by atoms with Crippen molar-refractivity contribution in [3.05, 3.63) is 48.0 Å². The van der Waals surface area contributed by atoms with E-state index in [9.17, 15) is 14.4 Å². The molecule has 8 heteroatoms. The van der Waals surface area contributed by atoms with E-state index in [1.807, 2.05) is 19.9 Å². The van der Waals surface area contributed by atoms with Crippen LogP contribution in [0, 0.1) is 5.92 Å². The summed E-state index contributed by atoms with van der Waals surface area (Å²) in [6.45, 7) is 4.23. The number of ether oxygens (including phenoxy) is 2. The van der Waals surface area contributed by atoms with Gasteiger partial charge in [0.05, 0.1) is 31.5 Å². The Morgan fingerprint density at radius 2 is 1.58 bits per heavy atom. The van der Waals surface area contributed by atoms with Gasteiger partial charge in [-0.05, 0) is 26.0 Å². The molecule has 0 unspecified atom stereocenters. The molecule has 2 N–H and O–H groups in total. The van der Waals surface area contributed by atoms with Crippen molar-refractivity contribution in [3.63, 3.8) is 0 Å². The number of rotatable bonds is 7. The number of methoxy groups -OCH3 is 2. The van der Waals surface area contributed by atoms with Crippen molar-refractivity contribution in [1.29, 1.82) is 0 Å². The Hall–Kier alpha value is -3.55. The summed E-state index contributed by atoms with van der Waals surface area (Å²) in [4.78, 5) is 39.1. The molecule has 0 spiro atoms. The number of likely N-dealkylation sites (tertiary alicyclic amines) is 1. The number of carbonyl (C=O) groups excluding carboxylic acids is 3. The maximum absolute atomic E-state index is 12.8. The minimum absolute atomic E-state index is 0.0290. The van der Waals surface area contributed by atoms with Gasteiger partial charge in [-0.15, -0.1) is 0 Å². The first-order valence-electron chi connectivity index (χ1n) is 10.1. The van der Waals surface area contributed by atoms with E-state index in [2.05, 4.69) is 10.6 Å². The largest absolute Gasteiger partial charge is 0.494 e. The maximum atomic E-state index is 12.8. The molecule has 3 amide bonds. The summed E-state index contributed by atoms with van der Waals surface area (Å²) in [5.74, 6) is -0.301. The molecule has 3 rings (SSSR count). The van der Waals surface area contributed by atoms with Crippen LogP contribution in [0.1, 0.15) is 30.6 Å². The molecule has 2 aromatic rings. The minimum atomic E-state index is -0.442. The summed E-state index contributed by atoms with van der Waals surface area (Å²) in [5.41, 5.74) is 1.31. The molecular weight excluding hydrogens is 398 g/mol. The van der Waals surface area contributed by atoms with Crippen LogP contribution in [0.3, 0.4) is 0 Å². The molecule has 0 aliphatic carbocycles. The molecule has 1 aliphatic rings. The zero-order valence-corrected chi connectivity index (χ0v) is 18.1. The second-order valence-electron chi connectivity index (χ2n) is 7.60. The number of benzene rings is 2. The van der Waals surface area contributed by atoms with E-state index in [1.165, 1.54) is 14.2 Å². The van der Waals surface area contributed by atoms with E-state index in [1.54, 1.807) is 41.3 Å². The lowest BCUT2D eigenvalue weighted by Gasteiger charge is -2.21. The zero-order valence-electron chi connectivity index (χ0n) is 18.1. The predicted molar refractivity (Wildman–Crippen MR) is 118 cm³/mol. The fourth-order valence-electron chi connectivity index (χ4n) is 3.52. The summed E-state index contributed by atoms with van der Waals surface area (Å²) >= 11 is 0. The SMILES string of the molecule is COc1cc(NC(=O)[C@H]2CC(=O)N(C(C)C)C2)c(OC)cc1NC(=O)c1ccccc1. The van der Waals surface area contributed by atoms with Crippen LogP contribution in [0.15, 0.2) is 42.5 Å². The third kappa shape index (κ3) is 4.96. The zero-order chi connectivity index (χ0) is 22.5. The summed E-state index contributed by atoms with van der Waals surface area (Å²) < 4.78 is 10.8. The molecule has 2 aromatic carbocycles. The lowest BCUT2D eigenvalue weighted by Crippen LogP contribution is -2.33. The van der Waals surface area contributed by atoms with E-state index >= 15 is 0 Å². The van der Waals surface area contributed by atoms with Crippen LogP contribution in [0.25, 0.3) is 0 Å². The highest BCUT2D eigenvalue weighted by Gasteiger charge is 2.35. The van der Waals surface area contributed by atoms with Gasteiger partial charge >= 0.3 is 0 Å². The monoisotopic (exact) mass is 425 g/mol. The fourth-order valence-corrected chi connectivity index (χ4v) is 3.52. The molecule has 8 nitrogen and oxygen atoms in total. The highest BCUT2D eigenvalue weighted by atomic mass is 16.5. The summed E-state index contributed by atoms with van der Waals surface area (Å²) in [7, 11) is 2.95. The molecule has 0 saturated carbocycles. The maximum Gasteiger partial charge on any atom is 0.255 e. The van der Waals surface area contributed by atoms with Crippen LogP contribution in [0.5, 0.6) is 11.5 Å². The van der Waals surface area contributed by atoms with Crippen LogP contribution in [0.4, 0.5) is 11.4 Å². The molecule has 1 fully saturated rings. The van der Waals surface area contributed by atoms with E-state index in [0.717, 1.165) is 0 Å². The highest BCUT2D eigenvalue weighted by molar-refractivity contribution is 6.06. The Labute approximate surface area is 181 Å². The van der Waals surface area contributed by atoms with Gasteiger partial charge in [0, 0.05) is 36.7 Å². The number of nitrogens with one attached hydrogen (secondary N) is 2. The van der Waals surface area contributed by atoms with Gasteiger partial charge in [-0.1, -0.05) is 18.2 Å². The Balaban J connectivity index is 1.79. The van der Waals surface area contributed by atoms with Gasteiger partial charge in [-0.3, -0.25) is 14.4 Å². The molecular formula is C23H27N3O5. The van der Waals surface area contributed by atoms with E-state index in [4.69, 9.17) is 9.47 Å². The number of hydrogen-bond donors (Lipinski definition) is 2. The van der Waals surface area contributed by atoms with Crippen molar-refractivity contribution >= 4 is 29.1 Å². The van der Waals surface area contributed by atoms with Crippen molar-refractivity contribution in [1.82, 2.24) is 4.90 Å². The van der Waals surface area contributed by atoms with Crippen molar-refractivity contribution in [2.45, 2.75) is 26.3 Å². The number of anilines is 2. The van der Waals surface area contributed by atoms with E-state index < -0.39 is 5.92 Å². The third-order valence-corrected chi connectivity index (χ3v) is 5.22. The van der Waals surface area contributed by atoms with Gasteiger partial charge in [0.2, 0.25) is 11.8 Å². The van der Waals surface area contributed by atoms with E-state index in [0.29, 0.717) is 35.0 Å². The van der Waals surface area contributed by atoms with Crippen molar-refractivity contribution in [3.8, 4) is 11.5 Å². The average molecular weight is 425 g/mol. The predicted octanol–water partition coefficient (Wildman–Crippen LogP) is 3.15. The lowest BCUT2D eigenvalue weighted by atomic mass is 10.1. The first-order chi connectivity index (χ1) is 14.8. The van der Waals surface area contributed by atoms with Crippen LogP contribution in [-0.2, 0) is 9.59 Å². The quantitative estimate of drug-likeness (QED) is 0.710. The van der Waals surface area contributed by atoms with Gasteiger partial charge in [0.15, 0.2) is 0 Å². The second kappa shape index (κ2) is 9.51. The fraction of sp³-hybridized carbons (Fsp3) is 0.348. The molecule has 0 radical (unpaired) electrons. The summed E-state index contributed by atoms with van der Waals surface area (Å²) in [6.07, 6.45) is 0.175. The molecule has 0 aromatic heterocycles. The summed E-state index contributed by atoms with van der Waals surface area (Å²) in [5, 5.41) is 5.64. The highest BCUT2D eigenvalue weighted by Crippen LogP contribution is 2.37. The van der Waals surface area contributed by atoms with Crippen molar-refractivity contribution in [2.24, 2.45) is 5.92 Å². The van der Waals surface area contributed by atoms with Crippen molar-refractivity contribution in [2.75, 3.05) is 31.4 Å². The summed E-state index contributed by atoms with van der Waals surface area (Å²) in [6, 6.07) is 12.0. The second-order valence-corrected chi connectivity index (χ2v) is 7.60. The normalized spacial score (nSPS) is 15.7. The number of hydrogen-bond acceptors (Lipinski definition) is 5. The molecule has 1 atom stereocenters. The topological polar surface area (TPSA) is 97.0 Å². The van der Waals surface area contributed by atoms with Crippen LogP contribution in [-0.4, -0.2) is 49.4 Å². The number of amides is 3. The molecule has 1 heterocycles. The van der Waals surface area contributed by atoms with Gasteiger partial charge in [-0.25, -0.2) is 0 Å². The van der Waals surface area contributed by atoms with Gasteiger partial charge < -0.3 is 25.0 Å². The van der Waals surface area contributed by atoms with Crippen LogP contribution in [0.2, 0.25) is 0 Å². The Kier molecular flexibility index (Phi) is 6.79.